The Kier molecular flexibility index (Phi) is 4.17. The van der Waals surface area contributed by atoms with Crippen LogP contribution in [0.2, 0.25) is 0 Å². The largest absolute Gasteiger partial charge is 0.370 e. The third kappa shape index (κ3) is 3.04. The fourth-order valence-electron chi connectivity index (χ4n) is 1.94. The zero-order chi connectivity index (χ0) is 14.7. The Bertz CT molecular complexity index is 626. The monoisotopic (exact) mass is 274 g/mol. The second-order valence-electron chi connectivity index (χ2n) is 4.73. The highest BCUT2D eigenvalue weighted by molar-refractivity contribution is 5.65. The molecule has 106 valence electrons. The number of rotatable bonds is 4. The zero-order valence-corrected chi connectivity index (χ0v) is 12.2. The van der Waals surface area contributed by atoms with Crippen molar-refractivity contribution in [2.75, 3.05) is 17.2 Å². The van der Waals surface area contributed by atoms with Crippen LogP contribution in [0.3, 0.4) is 0 Å². The van der Waals surface area contributed by atoms with Crippen LogP contribution in [0.1, 0.15) is 23.9 Å². The van der Waals surface area contributed by atoms with E-state index in [2.05, 4.69) is 20.6 Å². The molecule has 0 amide bonds. The zero-order valence-electron chi connectivity index (χ0n) is 12.2. The molecule has 0 fully saturated rings. The van der Waals surface area contributed by atoms with Gasteiger partial charge in [0.2, 0.25) is 0 Å². The van der Waals surface area contributed by atoms with Crippen molar-refractivity contribution in [3.8, 4) is 0 Å². The summed E-state index contributed by atoms with van der Waals surface area (Å²) < 4.78 is 13.9. The average molecular weight is 274 g/mol. The van der Waals surface area contributed by atoms with Crippen LogP contribution in [0.5, 0.6) is 0 Å². The highest BCUT2D eigenvalue weighted by atomic mass is 19.1. The van der Waals surface area contributed by atoms with Crippen LogP contribution < -0.4 is 10.6 Å². The van der Waals surface area contributed by atoms with Crippen LogP contribution in [0.25, 0.3) is 0 Å². The number of nitrogens with one attached hydrogen (secondary N) is 2. The Morgan fingerprint density at radius 1 is 1.10 bits per heavy atom. The van der Waals surface area contributed by atoms with Crippen LogP contribution in [-0.2, 0) is 0 Å². The van der Waals surface area contributed by atoms with Crippen molar-refractivity contribution >= 4 is 17.3 Å². The highest BCUT2D eigenvalue weighted by Crippen LogP contribution is 2.25. The standard InChI is InChI=1S/C15H19FN4/c1-5-17-14-10(3)15(19-11(4)18-14)20-13-7-6-9(2)8-12(13)16/h6-8H,5H2,1-4H3,(H2,17,18,19,20). The third-order valence-electron chi connectivity index (χ3n) is 2.98. The van der Waals surface area contributed by atoms with Crippen LogP contribution in [-0.4, -0.2) is 16.5 Å². The van der Waals surface area contributed by atoms with Gasteiger partial charge in [-0.15, -0.1) is 0 Å². The van der Waals surface area contributed by atoms with Crippen molar-refractivity contribution in [2.45, 2.75) is 27.7 Å². The minimum atomic E-state index is -0.286. The lowest BCUT2D eigenvalue weighted by Gasteiger charge is -2.14. The summed E-state index contributed by atoms with van der Waals surface area (Å²) >= 11 is 0. The predicted octanol–water partition coefficient (Wildman–Crippen LogP) is 3.72. The molecular formula is C15H19FN4. The molecule has 0 atom stereocenters. The molecule has 0 saturated heterocycles. The SMILES string of the molecule is CCNc1nc(C)nc(Nc2ccc(C)cc2F)c1C. The highest BCUT2D eigenvalue weighted by Gasteiger charge is 2.10. The number of aromatic nitrogens is 2. The fourth-order valence-corrected chi connectivity index (χ4v) is 1.94. The van der Waals surface area contributed by atoms with Crippen LogP contribution in [0, 0.1) is 26.6 Å². The van der Waals surface area contributed by atoms with Gasteiger partial charge in [-0.3, -0.25) is 0 Å². The van der Waals surface area contributed by atoms with Crippen molar-refractivity contribution in [2.24, 2.45) is 0 Å². The van der Waals surface area contributed by atoms with Crippen molar-refractivity contribution in [1.82, 2.24) is 9.97 Å². The van der Waals surface area contributed by atoms with Gasteiger partial charge in [0.25, 0.3) is 0 Å². The van der Waals surface area contributed by atoms with Crippen LogP contribution in [0.15, 0.2) is 18.2 Å². The molecular weight excluding hydrogens is 255 g/mol. The van der Waals surface area contributed by atoms with E-state index in [0.717, 1.165) is 23.5 Å². The van der Waals surface area contributed by atoms with Crippen LogP contribution >= 0.6 is 0 Å². The molecule has 2 aromatic rings. The molecule has 0 spiro atoms. The maximum Gasteiger partial charge on any atom is 0.146 e. The fraction of sp³-hybridized carbons (Fsp3) is 0.333. The molecule has 20 heavy (non-hydrogen) atoms. The number of benzene rings is 1. The first-order valence-corrected chi connectivity index (χ1v) is 6.63. The van der Waals surface area contributed by atoms with Crippen LogP contribution in [0.4, 0.5) is 21.7 Å². The molecule has 5 heteroatoms. The topological polar surface area (TPSA) is 49.8 Å². The van der Waals surface area contributed by atoms with Crippen molar-refractivity contribution < 1.29 is 4.39 Å². The summed E-state index contributed by atoms with van der Waals surface area (Å²) in [5.41, 5.74) is 2.17. The molecule has 1 aromatic carbocycles. The van der Waals surface area contributed by atoms with Gasteiger partial charge in [-0.2, -0.15) is 0 Å². The van der Waals surface area contributed by atoms with E-state index in [1.165, 1.54) is 6.07 Å². The minimum Gasteiger partial charge on any atom is -0.370 e. The van der Waals surface area contributed by atoms with E-state index in [9.17, 15) is 4.39 Å². The molecule has 0 aliphatic rings. The molecule has 0 bridgehead atoms. The number of anilines is 3. The Balaban J connectivity index is 2.37. The first-order chi connectivity index (χ1) is 9.51. The van der Waals surface area contributed by atoms with Gasteiger partial charge in [0.1, 0.15) is 23.3 Å². The van der Waals surface area contributed by atoms with Gasteiger partial charge in [0.15, 0.2) is 0 Å². The molecule has 1 aromatic heterocycles. The Labute approximate surface area is 118 Å². The van der Waals surface area contributed by atoms with E-state index in [4.69, 9.17) is 0 Å². The molecule has 1 heterocycles. The number of nitrogens with zero attached hydrogens (tertiary/aromatic N) is 2. The Morgan fingerprint density at radius 3 is 2.45 bits per heavy atom. The smallest absolute Gasteiger partial charge is 0.146 e. The van der Waals surface area contributed by atoms with E-state index in [-0.39, 0.29) is 5.82 Å². The van der Waals surface area contributed by atoms with Gasteiger partial charge in [0, 0.05) is 12.1 Å². The van der Waals surface area contributed by atoms with Gasteiger partial charge in [-0.25, -0.2) is 14.4 Å². The molecule has 0 radical (unpaired) electrons. The van der Waals surface area contributed by atoms with E-state index < -0.39 is 0 Å². The Hall–Kier alpha value is -2.17. The second-order valence-corrected chi connectivity index (χ2v) is 4.73. The number of halogens is 1. The number of hydrogen-bond acceptors (Lipinski definition) is 4. The lowest BCUT2D eigenvalue weighted by Crippen LogP contribution is -2.08. The summed E-state index contributed by atoms with van der Waals surface area (Å²) in [4.78, 5) is 8.69. The summed E-state index contributed by atoms with van der Waals surface area (Å²) in [5.74, 6) is 1.75. The van der Waals surface area contributed by atoms with E-state index in [0.29, 0.717) is 17.3 Å². The maximum absolute atomic E-state index is 13.9. The minimum absolute atomic E-state index is 0.286. The van der Waals surface area contributed by atoms with Crippen molar-refractivity contribution in [3.05, 3.63) is 41.0 Å². The Morgan fingerprint density at radius 2 is 1.80 bits per heavy atom. The lowest BCUT2D eigenvalue weighted by molar-refractivity contribution is 0.630. The molecule has 0 aliphatic carbocycles. The van der Waals surface area contributed by atoms with Crippen molar-refractivity contribution in [3.63, 3.8) is 0 Å². The number of hydrogen-bond donors (Lipinski definition) is 2. The van der Waals surface area contributed by atoms with Gasteiger partial charge in [-0.1, -0.05) is 6.07 Å². The first-order valence-electron chi connectivity index (χ1n) is 6.63. The molecule has 4 nitrogen and oxygen atoms in total. The molecule has 0 saturated carbocycles. The van der Waals surface area contributed by atoms with Gasteiger partial charge in [0.05, 0.1) is 5.69 Å². The van der Waals surface area contributed by atoms with E-state index >= 15 is 0 Å². The predicted molar refractivity (Wildman–Crippen MR) is 80.1 cm³/mol. The van der Waals surface area contributed by atoms with Gasteiger partial charge in [-0.05, 0) is 45.4 Å². The summed E-state index contributed by atoms with van der Waals surface area (Å²) in [7, 11) is 0. The van der Waals surface area contributed by atoms with E-state index in [1.807, 2.05) is 33.8 Å². The second kappa shape index (κ2) is 5.86. The average Bonchev–Trinajstić information content (AvgIpc) is 2.38. The normalized spacial score (nSPS) is 10.4. The number of aryl methyl sites for hydroxylation is 2. The quantitative estimate of drug-likeness (QED) is 0.892. The third-order valence-corrected chi connectivity index (χ3v) is 2.98. The first kappa shape index (κ1) is 14.2. The molecule has 2 rings (SSSR count). The van der Waals surface area contributed by atoms with Crippen molar-refractivity contribution in [1.29, 1.82) is 0 Å². The maximum atomic E-state index is 13.9. The summed E-state index contributed by atoms with van der Waals surface area (Å²) in [6.07, 6.45) is 0. The molecule has 2 N–H and O–H groups in total. The summed E-state index contributed by atoms with van der Waals surface area (Å²) in [6.45, 7) is 8.36. The van der Waals surface area contributed by atoms with E-state index in [1.54, 1.807) is 6.07 Å². The summed E-state index contributed by atoms with van der Waals surface area (Å²) in [5, 5.41) is 6.22. The lowest BCUT2D eigenvalue weighted by atomic mass is 10.2. The molecule has 0 unspecified atom stereocenters. The summed E-state index contributed by atoms with van der Waals surface area (Å²) in [6, 6.07) is 5.07. The van der Waals surface area contributed by atoms with Gasteiger partial charge >= 0.3 is 0 Å². The molecule has 0 aliphatic heterocycles. The van der Waals surface area contributed by atoms with Gasteiger partial charge < -0.3 is 10.6 Å².